The number of hydrogen-bond acceptors (Lipinski definition) is 7. The molecule has 0 bridgehead atoms. The monoisotopic (exact) mass is 541 g/mol. The highest BCUT2D eigenvalue weighted by Gasteiger charge is 2.26. The number of rotatable bonds is 16. The number of nitrogens with one attached hydrogen (secondary N) is 2. The number of nitrogens with zero attached hydrogens (tertiary/aromatic N) is 3. The van der Waals surface area contributed by atoms with E-state index in [1.54, 1.807) is 26.2 Å². The second-order valence-corrected chi connectivity index (χ2v) is 9.77. The van der Waals surface area contributed by atoms with Crippen LogP contribution in [0.2, 0.25) is 0 Å². The van der Waals surface area contributed by atoms with Crippen LogP contribution in [0, 0.1) is 12.8 Å². The molecule has 2 aromatic rings. The van der Waals surface area contributed by atoms with Crippen LogP contribution in [-0.2, 0) is 39.2 Å². The first kappa shape index (κ1) is 31.3. The second kappa shape index (κ2) is 14.9. The third-order valence-electron chi connectivity index (χ3n) is 7.07. The van der Waals surface area contributed by atoms with Gasteiger partial charge >= 0.3 is 0 Å². The molecule has 39 heavy (non-hydrogen) atoms. The number of carbonyl (C=O) groups is 5. The molecule has 2 N–H and O–H groups in total. The van der Waals surface area contributed by atoms with Gasteiger partial charge in [0.2, 0.25) is 5.78 Å². The van der Waals surface area contributed by atoms with Gasteiger partial charge in [-0.15, -0.1) is 0 Å². The number of ketones is 3. The van der Waals surface area contributed by atoms with E-state index in [1.807, 2.05) is 0 Å². The van der Waals surface area contributed by atoms with E-state index in [2.05, 4.69) is 29.5 Å². The van der Waals surface area contributed by atoms with Crippen LogP contribution in [0.3, 0.4) is 0 Å². The molecule has 0 spiro atoms. The molecule has 11 nitrogen and oxygen atoms in total. The van der Waals surface area contributed by atoms with Crippen molar-refractivity contribution in [1.82, 2.24) is 24.8 Å². The van der Waals surface area contributed by atoms with Crippen molar-refractivity contribution in [2.75, 3.05) is 7.05 Å². The van der Waals surface area contributed by atoms with Gasteiger partial charge in [0.15, 0.2) is 11.6 Å². The first-order valence-corrected chi connectivity index (χ1v) is 13.3. The molecule has 0 radical (unpaired) electrons. The smallest absolute Gasteiger partial charge is 0.287 e. The number of aromatic nitrogens is 3. The van der Waals surface area contributed by atoms with E-state index < -0.39 is 35.0 Å². The largest absolute Gasteiger partial charge is 0.353 e. The summed E-state index contributed by atoms with van der Waals surface area (Å²) in [4.78, 5) is 79.6. The van der Waals surface area contributed by atoms with E-state index in [9.17, 15) is 28.8 Å². The normalized spacial score (nSPS) is 11.7. The van der Waals surface area contributed by atoms with E-state index in [1.165, 1.54) is 28.7 Å². The Balaban J connectivity index is 2.23. The van der Waals surface area contributed by atoms with Crippen molar-refractivity contribution < 1.29 is 24.0 Å². The van der Waals surface area contributed by atoms with Gasteiger partial charge in [-0.1, -0.05) is 26.7 Å². The van der Waals surface area contributed by atoms with E-state index in [4.69, 9.17) is 0 Å². The third-order valence-corrected chi connectivity index (χ3v) is 7.07. The molecule has 11 heteroatoms. The Hall–Kier alpha value is -3.89. The molecule has 0 saturated carbocycles. The number of hydrogen-bond donors (Lipinski definition) is 2. The Morgan fingerprint density at radius 3 is 2.33 bits per heavy atom. The third kappa shape index (κ3) is 8.83. The lowest BCUT2D eigenvalue weighted by Gasteiger charge is -2.18. The summed E-state index contributed by atoms with van der Waals surface area (Å²) in [5.41, 5.74) is 0.549. The Morgan fingerprint density at radius 1 is 1.05 bits per heavy atom. The minimum absolute atomic E-state index is 0.0563. The molecule has 2 rings (SSSR count). The summed E-state index contributed by atoms with van der Waals surface area (Å²) in [6.07, 6.45) is 6.75. The summed E-state index contributed by atoms with van der Waals surface area (Å²) in [6.45, 7) is 5.80. The molecule has 0 saturated heterocycles. The standard InChI is InChI=1S/C28H39N5O6/c1-6-19(7-2)8-9-20(34)16-33-13-12-18(3)21(28(33)39)14-25(36)22(10-11-24(35)27(38)29-4)31-26(37)23-15-30-17-32(23)5/h12-13,15,17,19,22H,6-11,14,16H2,1-5H3,(H,29,38)(H,31,37)/t22-/m0/s1. The molecule has 2 aromatic heterocycles. The summed E-state index contributed by atoms with van der Waals surface area (Å²) >= 11 is 0. The lowest BCUT2D eigenvalue weighted by Crippen LogP contribution is -2.43. The number of aryl methyl sites for hydroxylation is 2. The fourth-order valence-electron chi connectivity index (χ4n) is 4.33. The van der Waals surface area contributed by atoms with Gasteiger partial charge in [0.05, 0.1) is 25.1 Å². The van der Waals surface area contributed by atoms with Crippen LogP contribution >= 0.6 is 0 Å². The van der Waals surface area contributed by atoms with Gasteiger partial charge in [-0.25, -0.2) is 4.98 Å². The van der Waals surface area contributed by atoms with Gasteiger partial charge in [-0.2, -0.15) is 0 Å². The molecular formula is C28H39N5O6. The van der Waals surface area contributed by atoms with Crippen molar-refractivity contribution >= 4 is 29.2 Å². The average molecular weight is 542 g/mol. The van der Waals surface area contributed by atoms with Crippen molar-refractivity contribution in [1.29, 1.82) is 0 Å². The van der Waals surface area contributed by atoms with E-state index >= 15 is 0 Å². The number of imidazole rings is 1. The molecule has 0 aliphatic rings. The molecule has 0 aliphatic carbocycles. The SMILES string of the molecule is CCC(CC)CCC(=O)Cn1ccc(C)c(CC(=O)[C@H](CCC(=O)C(=O)NC)NC(=O)c2cncn2C)c1=O. The molecule has 212 valence electrons. The van der Waals surface area contributed by atoms with Crippen molar-refractivity contribution in [3.8, 4) is 0 Å². The van der Waals surface area contributed by atoms with Crippen molar-refractivity contribution in [3.05, 3.63) is 52.0 Å². The fourth-order valence-corrected chi connectivity index (χ4v) is 4.33. The molecule has 0 unspecified atom stereocenters. The van der Waals surface area contributed by atoms with Crippen LogP contribution in [0.5, 0.6) is 0 Å². The van der Waals surface area contributed by atoms with Crippen molar-refractivity contribution in [2.45, 2.75) is 78.3 Å². The predicted octanol–water partition coefficient (Wildman–Crippen LogP) is 1.68. The summed E-state index contributed by atoms with van der Waals surface area (Å²) in [5.74, 6) is -2.19. The van der Waals surface area contributed by atoms with Gasteiger partial charge in [-0.05, 0) is 37.3 Å². The number of likely N-dealkylation sites (N-methyl/N-ethyl adjacent to an activating group) is 1. The Labute approximate surface area is 228 Å². The zero-order valence-electron chi connectivity index (χ0n) is 23.4. The van der Waals surface area contributed by atoms with E-state index in [0.717, 1.165) is 19.3 Å². The van der Waals surface area contributed by atoms with Crippen LogP contribution in [0.4, 0.5) is 0 Å². The minimum Gasteiger partial charge on any atom is -0.353 e. The Morgan fingerprint density at radius 2 is 1.74 bits per heavy atom. The van der Waals surface area contributed by atoms with Crippen LogP contribution in [0.15, 0.2) is 29.6 Å². The van der Waals surface area contributed by atoms with Crippen LogP contribution in [-0.4, -0.2) is 56.4 Å². The molecular weight excluding hydrogens is 502 g/mol. The summed E-state index contributed by atoms with van der Waals surface area (Å²) in [5, 5.41) is 4.86. The maximum Gasteiger partial charge on any atom is 0.287 e. The first-order valence-electron chi connectivity index (χ1n) is 13.3. The van der Waals surface area contributed by atoms with Gasteiger partial charge < -0.3 is 19.8 Å². The highest BCUT2D eigenvalue weighted by molar-refractivity contribution is 6.36. The number of pyridine rings is 1. The van der Waals surface area contributed by atoms with E-state index in [-0.39, 0.29) is 42.8 Å². The maximum atomic E-state index is 13.4. The van der Waals surface area contributed by atoms with Crippen LogP contribution in [0.25, 0.3) is 0 Å². The average Bonchev–Trinajstić information content (AvgIpc) is 3.36. The van der Waals surface area contributed by atoms with Crippen LogP contribution < -0.4 is 16.2 Å². The lowest BCUT2D eigenvalue weighted by molar-refractivity contribution is -0.137. The number of amides is 2. The molecule has 2 heterocycles. The summed E-state index contributed by atoms with van der Waals surface area (Å²) in [7, 11) is 2.95. The van der Waals surface area contributed by atoms with E-state index in [0.29, 0.717) is 17.9 Å². The van der Waals surface area contributed by atoms with Gasteiger partial charge in [0, 0.05) is 45.1 Å². The molecule has 0 aromatic carbocycles. The molecule has 2 amide bonds. The van der Waals surface area contributed by atoms with Gasteiger partial charge in [-0.3, -0.25) is 28.8 Å². The lowest BCUT2D eigenvalue weighted by atomic mass is 9.96. The predicted molar refractivity (Wildman–Crippen MR) is 145 cm³/mol. The van der Waals surface area contributed by atoms with Gasteiger partial charge in [0.1, 0.15) is 5.69 Å². The molecule has 0 fully saturated rings. The van der Waals surface area contributed by atoms with Crippen molar-refractivity contribution in [3.63, 3.8) is 0 Å². The first-order chi connectivity index (χ1) is 18.5. The maximum absolute atomic E-state index is 13.4. The zero-order chi connectivity index (χ0) is 29.1. The zero-order valence-corrected chi connectivity index (χ0v) is 23.4. The molecule has 1 atom stereocenters. The molecule has 0 aliphatic heterocycles. The highest BCUT2D eigenvalue weighted by Crippen LogP contribution is 2.15. The number of carbonyl (C=O) groups excluding carboxylic acids is 5. The summed E-state index contributed by atoms with van der Waals surface area (Å²) in [6, 6.07) is 0.548. The minimum atomic E-state index is -1.13. The Kier molecular flexibility index (Phi) is 12.0. The van der Waals surface area contributed by atoms with Gasteiger partial charge in [0.25, 0.3) is 17.4 Å². The van der Waals surface area contributed by atoms with Crippen LogP contribution in [0.1, 0.15) is 74.0 Å². The fraction of sp³-hybridized carbons (Fsp3) is 0.536. The topological polar surface area (TPSA) is 149 Å². The highest BCUT2D eigenvalue weighted by atomic mass is 16.2. The quantitative estimate of drug-likeness (QED) is 0.307. The van der Waals surface area contributed by atoms with Crippen molar-refractivity contribution in [2.24, 2.45) is 13.0 Å². The summed E-state index contributed by atoms with van der Waals surface area (Å²) < 4.78 is 2.79. The Bertz CT molecular complexity index is 1260. The second-order valence-electron chi connectivity index (χ2n) is 9.77. The number of Topliss-reactive ketones (excluding diaryl/α,β-unsaturated/α-hetero) is 3.